The number of nitrogens with zero attached hydrogens (tertiary/aromatic N) is 2. The fraction of sp³-hybridized carbons (Fsp3) is 0.333. The van der Waals surface area contributed by atoms with Crippen molar-refractivity contribution < 1.29 is 9.26 Å². The molecular weight excluding hydrogens is 320 g/mol. The normalized spacial score (nSPS) is 10.6. The second-order valence-corrected chi connectivity index (χ2v) is 5.04. The van der Waals surface area contributed by atoms with Crippen molar-refractivity contribution in [2.45, 2.75) is 26.4 Å². The summed E-state index contributed by atoms with van der Waals surface area (Å²) in [6, 6.07) is 5.41. The number of aryl methyl sites for hydroxylation is 1. The molecule has 96 valence electrons. The molecule has 1 heterocycles. The Kier molecular flexibility index (Phi) is 4.60. The van der Waals surface area contributed by atoms with Gasteiger partial charge in [-0.25, -0.2) is 0 Å². The van der Waals surface area contributed by atoms with Gasteiger partial charge in [-0.05, 0) is 24.6 Å². The third kappa shape index (κ3) is 3.46. The maximum absolute atomic E-state index is 6.01. The van der Waals surface area contributed by atoms with Crippen LogP contribution in [0.25, 0.3) is 0 Å². The molecule has 0 aliphatic rings. The van der Waals surface area contributed by atoms with Gasteiger partial charge in [0.1, 0.15) is 5.75 Å². The largest absolute Gasteiger partial charge is 0.484 e. The van der Waals surface area contributed by atoms with E-state index in [0.717, 1.165) is 17.3 Å². The molecule has 0 saturated heterocycles. The molecule has 0 aliphatic carbocycles. The Morgan fingerprint density at radius 3 is 3.06 bits per heavy atom. The second kappa shape index (κ2) is 6.20. The first-order chi connectivity index (χ1) is 8.69. The number of rotatable bonds is 5. The van der Waals surface area contributed by atoms with Crippen molar-refractivity contribution in [3.8, 4) is 5.75 Å². The summed E-state index contributed by atoms with van der Waals surface area (Å²) in [5.74, 6) is 1.75. The molecule has 0 radical (unpaired) electrons. The first-order valence-electron chi connectivity index (χ1n) is 5.58. The van der Waals surface area contributed by atoms with Crippen LogP contribution < -0.4 is 4.74 Å². The van der Waals surface area contributed by atoms with Gasteiger partial charge in [-0.1, -0.05) is 39.6 Å². The highest BCUT2D eigenvalue weighted by molar-refractivity contribution is 9.10. The van der Waals surface area contributed by atoms with E-state index in [9.17, 15) is 0 Å². The lowest BCUT2D eigenvalue weighted by Gasteiger charge is -2.05. The summed E-state index contributed by atoms with van der Waals surface area (Å²) in [6.45, 7) is 2.30. The molecular formula is C12H12BrClN2O2. The number of hydrogen-bond acceptors (Lipinski definition) is 4. The minimum atomic E-state index is 0.239. The van der Waals surface area contributed by atoms with Crippen LogP contribution in [0.2, 0.25) is 5.02 Å². The summed E-state index contributed by atoms with van der Waals surface area (Å²) in [4.78, 5) is 4.21. The van der Waals surface area contributed by atoms with Gasteiger partial charge in [-0.2, -0.15) is 4.98 Å². The molecule has 2 rings (SSSR count). The average Bonchev–Trinajstić information content (AvgIpc) is 2.79. The van der Waals surface area contributed by atoms with Crippen LogP contribution in [-0.4, -0.2) is 10.1 Å². The van der Waals surface area contributed by atoms with E-state index in [1.165, 1.54) is 0 Å². The van der Waals surface area contributed by atoms with Crippen molar-refractivity contribution in [1.82, 2.24) is 10.1 Å². The minimum absolute atomic E-state index is 0.239. The lowest BCUT2D eigenvalue weighted by Crippen LogP contribution is -1.98. The van der Waals surface area contributed by atoms with E-state index in [2.05, 4.69) is 33.0 Å². The van der Waals surface area contributed by atoms with E-state index < -0.39 is 0 Å². The zero-order valence-electron chi connectivity index (χ0n) is 9.82. The monoisotopic (exact) mass is 330 g/mol. The van der Waals surface area contributed by atoms with Crippen molar-refractivity contribution >= 4 is 27.5 Å². The van der Waals surface area contributed by atoms with Crippen LogP contribution in [0, 0.1) is 0 Å². The minimum Gasteiger partial charge on any atom is -0.484 e. The number of halogens is 2. The Morgan fingerprint density at radius 2 is 2.28 bits per heavy atom. The standard InChI is InChI=1S/C12H12BrClN2O2/c1-2-3-12-15-11(16-18-12)7-17-10-6-8(13)4-5-9(10)14/h4-6H,2-3,7H2,1H3. The molecule has 6 heteroatoms. The molecule has 1 aromatic heterocycles. The van der Waals surface area contributed by atoms with E-state index >= 15 is 0 Å². The first kappa shape index (κ1) is 13.4. The Hall–Kier alpha value is -1.07. The highest BCUT2D eigenvalue weighted by Gasteiger charge is 2.08. The van der Waals surface area contributed by atoms with Gasteiger partial charge in [0, 0.05) is 10.9 Å². The highest BCUT2D eigenvalue weighted by atomic mass is 79.9. The van der Waals surface area contributed by atoms with Gasteiger partial charge in [0.2, 0.25) is 11.7 Å². The van der Waals surface area contributed by atoms with Crippen molar-refractivity contribution in [3.63, 3.8) is 0 Å². The van der Waals surface area contributed by atoms with E-state index in [4.69, 9.17) is 20.9 Å². The summed E-state index contributed by atoms with van der Waals surface area (Å²) in [5, 5.41) is 4.39. The molecule has 18 heavy (non-hydrogen) atoms. The van der Waals surface area contributed by atoms with E-state index in [1.54, 1.807) is 12.1 Å². The SMILES string of the molecule is CCCc1nc(COc2cc(Br)ccc2Cl)no1. The van der Waals surface area contributed by atoms with Crippen molar-refractivity contribution in [1.29, 1.82) is 0 Å². The topological polar surface area (TPSA) is 48.2 Å². The van der Waals surface area contributed by atoms with Gasteiger partial charge in [-0.3, -0.25) is 0 Å². The zero-order valence-corrected chi connectivity index (χ0v) is 12.2. The molecule has 0 amide bonds. The van der Waals surface area contributed by atoms with Crippen molar-refractivity contribution in [2.24, 2.45) is 0 Å². The van der Waals surface area contributed by atoms with Crippen molar-refractivity contribution in [3.05, 3.63) is 39.4 Å². The van der Waals surface area contributed by atoms with Crippen LogP contribution in [0.5, 0.6) is 5.75 Å². The average molecular weight is 332 g/mol. The van der Waals surface area contributed by atoms with Crippen LogP contribution in [-0.2, 0) is 13.0 Å². The fourth-order valence-corrected chi connectivity index (χ4v) is 1.91. The van der Waals surface area contributed by atoms with Crippen LogP contribution in [0.15, 0.2) is 27.2 Å². The highest BCUT2D eigenvalue weighted by Crippen LogP contribution is 2.28. The molecule has 0 aliphatic heterocycles. The number of ether oxygens (including phenoxy) is 1. The first-order valence-corrected chi connectivity index (χ1v) is 6.75. The van der Waals surface area contributed by atoms with Gasteiger partial charge < -0.3 is 9.26 Å². The summed E-state index contributed by atoms with van der Waals surface area (Å²) in [5.41, 5.74) is 0. The summed E-state index contributed by atoms with van der Waals surface area (Å²) >= 11 is 9.37. The van der Waals surface area contributed by atoms with Gasteiger partial charge in [0.25, 0.3) is 0 Å². The summed E-state index contributed by atoms with van der Waals surface area (Å²) in [7, 11) is 0. The van der Waals surface area contributed by atoms with Crippen molar-refractivity contribution in [2.75, 3.05) is 0 Å². The molecule has 2 aromatic rings. The molecule has 0 bridgehead atoms. The van der Waals surface area contributed by atoms with E-state index in [-0.39, 0.29) is 6.61 Å². The predicted molar refractivity (Wildman–Crippen MR) is 71.8 cm³/mol. The second-order valence-electron chi connectivity index (χ2n) is 3.72. The third-order valence-electron chi connectivity index (χ3n) is 2.22. The van der Waals surface area contributed by atoms with Crippen LogP contribution >= 0.6 is 27.5 Å². The van der Waals surface area contributed by atoms with E-state index in [0.29, 0.717) is 22.5 Å². The Labute approximate surface area is 118 Å². The number of benzene rings is 1. The molecule has 0 saturated carbocycles. The maximum Gasteiger partial charge on any atom is 0.226 e. The molecule has 0 atom stereocenters. The number of aromatic nitrogens is 2. The Morgan fingerprint density at radius 1 is 1.44 bits per heavy atom. The Bertz CT molecular complexity index is 531. The van der Waals surface area contributed by atoms with Gasteiger partial charge in [-0.15, -0.1) is 0 Å². The Balaban J connectivity index is 1.99. The summed E-state index contributed by atoms with van der Waals surface area (Å²) < 4.78 is 11.5. The van der Waals surface area contributed by atoms with Crippen LogP contribution in [0.3, 0.4) is 0 Å². The fourth-order valence-electron chi connectivity index (χ4n) is 1.39. The van der Waals surface area contributed by atoms with Gasteiger partial charge in [0.15, 0.2) is 6.61 Å². The lowest BCUT2D eigenvalue weighted by atomic mass is 10.3. The molecule has 4 nitrogen and oxygen atoms in total. The van der Waals surface area contributed by atoms with Gasteiger partial charge in [0.05, 0.1) is 5.02 Å². The molecule has 0 fully saturated rings. The maximum atomic E-state index is 6.01. The summed E-state index contributed by atoms with van der Waals surface area (Å²) in [6.07, 6.45) is 1.75. The quantitative estimate of drug-likeness (QED) is 0.830. The van der Waals surface area contributed by atoms with Crippen LogP contribution in [0.1, 0.15) is 25.1 Å². The zero-order chi connectivity index (χ0) is 13.0. The van der Waals surface area contributed by atoms with Crippen LogP contribution in [0.4, 0.5) is 0 Å². The molecule has 0 spiro atoms. The predicted octanol–water partition coefficient (Wildman–Crippen LogP) is 4.02. The van der Waals surface area contributed by atoms with Gasteiger partial charge >= 0.3 is 0 Å². The lowest BCUT2D eigenvalue weighted by molar-refractivity contribution is 0.285. The number of hydrogen-bond donors (Lipinski definition) is 0. The van der Waals surface area contributed by atoms with E-state index in [1.807, 2.05) is 6.07 Å². The molecule has 0 N–H and O–H groups in total. The smallest absolute Gasteiger partial charge is 0.226 e. The molecule has 1 aromatic carbocycles. The molecule has 0 unspecified atom stereocenters. The third-order valence-corrected chi connectivity index (χ3v) is 3.03.